The molecule has 1 fully saturated rings. The lowest BCUT2D eigenvalue weighted by Crippen LogP contribution is -2.48. The van der Waals surface area contributed by atoms with Gasteiger partial charge in [0, 0.05) is 81.9 Å². The first-order valence-electron chi connectivity index (χ1n) is 15.0. The standard InChI is InChI=1S/C35H39N5O3/c1-3-43-20-13-35(42)40-18-16-39(17-19-40)25-27-8-10-29(11-9-27)33(41)22-28-7-6-26(2)31(21-28)23-34-37-15-12-32(38-34)30-5-4-14-36-24-30/h4-12,14-15,21,24H,3,13,16-20,22-23,25H2,1-2H3. The van der Waals surface area contributed by atoms with Crippen LogP contribution in [0.25, 0.3) is 11.3 Å². The number of carbonyl (C=O) groups excluding carboxylic acids is 2. The lowest BCUT2D eigenvalue weighted by molar-refractivity contribution is -0.134. The van der Waals surface area contributed by atoms with Crippen molar-refractivity contribution in [1.29, 1.82) is 0 Å². The van der Waals surface area contributed by atoms with E-state index in [-0.39, 0.29) is 11.7 Å². The Kier molecular flexibility index (Phi) is 10.4. The summed E-state index contributed by atoms with van der Waals surface area (Å²) < 4.78 is 5.31. The number of hydrogen-bond acceptors (Lipinski definition) is 7. The maximum Gasteiger partial charge on any atom is 0.224 e. The molecule has 8 heteroatoms. The van der Waals surface area contributed by atoms with Gasteiger partial charge in [0.25, 0.3) is 0 Å². The van der Waals surface area contributed by atoms with Gasteiger partial charge < -0.3 is 9.64 Å². The highest BCUT2D eigenvalue weighted by molar-refractivity contribution is 5.97. The first-order valence-corrected chi connectivity index (χ1v) is 15.0. The number of benzene rings is 2. The summed E-state index contributed by atoms with van der Waals surface area (Å²) in [6, 6.07) is 19.9. The van der Waals surface area contributed by atoms with Gasteiger partial charge in [-0.25, -0.2) is 9.97 Å². The molecule has 0 radical (unpaired) electrons. The minimum absolute atomic E-state index is 0.0929. The van der Waals surface area contributed by atoms with Crippen LogP contribution >= 0.6 is 0 Å². The van der Waals surface area contributed by atoms with E-state index in [1.165, 1.54) is 5.56 Å². The molecule has 0 N–H and O–H groups in total. The molecule has 8 nitrogen and oxygen atoms in total. The van der Waals surface area contributed by atoms with Crippen molar-refractivity contribution in [3.05, 3.63) is 113 Å². The number of aromatic nitrogens is 3. The van der Waals surface area contributed by atoms with Crippen molar-refractivity contribution in [1.82, 2.24) is 24.8 Å². The molecule has 1 amide bonds. The van der Waals surface area contributed by atoms with E-state index in [2.05, 4.69) is 33.9 Å². The van der Waals surface area contributed by atoms with Crippen molar-refractivity contribution in [3.8, 4) is 11.3 Å². The zero-order valence-corrected chi connectivity index (χ0v) is 25.0. The van der Waals surface area contributed by atoms with E-state index in [9.17, 15) is 9.59 Å². The Morgan fingerprint density at radius 2 is 1.72 bits per heavy atom. The zero-order valence-electron chi connectivity index (χ0n) is 25.0. The predicted molar refractivity (Wildman–Crippen MR) is 167 cm³/mol. The largest absolute Gasteiger partial charge is 0.381 e. The summed E-state index contributed by atoms with van der Waals surface area (Å²) in [6.45, 7) is 9.11. The molecule has 0 aliphatic carbocycles. The maximum absolute atomic E-state index is 13.2. The molecule has 43 heavy (non-hydrogen) atoms. The van der Waals surface area contributed by atoms with Gasteiger partial charge in [0.15, 0.2) is 5.78 Å². The van der Waals surface area contributed by atoms with Crippen molar-refractivity contribution < 1.29 is 14.3 Å². The molecule has 1 saturated heterocycles. The number of nitrogens with zero attached hydrogens (tertiary/aromatic N) is 5. The van der Waals surface area contributed by atoms with E-state index in [0.29, 0.717) is 38.0 Å². The van der Waals surface area contributed by atoms with E-state index in [4.69, 9.17) is 9.72 Å². The SMILES string of the molecule is CCOCCC(=O)N1CCN(Cc2ccc(C(=O)Cc3ccc(C)c(Cc4nccc(-c5cccnc5)n4)c3)cc2)CC1. The van der Waals surface area contributed by atoms with Gasteiger partial charge in [-0.15, -0.1) is 0 Å². The number of hydrogen-bond donors (Lipinski definition) is 0. The van der Waals surface area contributed by atoms with Crippen LogP contribution in [0.2, 0.25) is 0 Å². The monoisotopic (exact) mass is 577 g/mol. The number of piperazine rings is 1. The number of Topliss-reactive ketones (excluding diaryl/α,β-unsaturated/α-hetero) is 1. The summed E-state index contributed by atoms with van der Waals surface area (Å²) in [5.41, 5.74) is 6.91. The fraction of sp³-hybridized carbons (Fsp3) is 0.343. The number of amides is 1. The normalized spacial score (nSPS) is 13.7. The van der Waals surface area contributed by atoms with Crippen LogP contribution in [0.1, 0.15) is 51.8 Å². The molecular weight excluding hydrogens is 538 g/mol. The second-order valence-corrected chi connectivity index (χ2v) is 10.9. The molecule has 1 aliphatic heterocycles. The van der Waals surface area contributed by atoms with Gasteiger partial charge in [-0.1, -0.05) is 42.5 Å². The van der Waals surface area contributed by atoms with Crippen molar-refractivity contribution >= 4 is 11.7 Å². The topological polar surface area (TPSA) is 88.5 Å². The lowest BCUT2D eigenvalue weighted by Gasteiger charge is -2.34. The summed E-state index contributed by atoms with van der Waals surface area (Å²) >= 11 is 0. The minimum atomic E-state index is 0.0929. The molecule has 0 bridgehead atoms. The third-order valence-corrected chi connectivity index (χ3v) is 7.86. The number of carbonyl (C=O) groups is 2. The van der Waals surface area contributed by atoms with E-state index in [1.54, 1.807) is 18.6 Å². The number of aryl methyl sites for hydroxylation is 1. The third-order valence-electron chi connectivity index (χ3n) is 7.86. The van der Waals surface area contributed by atoms with Gasteiger partial charge >= 0.3 is 0 Å². The molecule has 2 aromatic heterocycles. The van der Waals surface area contributed by atoms with E-state index in [0.717, 1.165) is 66.5 Å². The smallest absolute Gasteiger partial charge is 0.224 e. The Morgan fingerprint density at radius 1 is 0.930 bits per heavy atom. The maximum atomic E-state index is 13.2. The summed E-state index contributed by atoms with van der Waals surface area (Å²) in [7, 11) is 0. The van der Waals surface area contributed by atoms with Gasteiger partial charge in [0.2, 0.25) is 5.91 Å². The molecule has 4 aromatic rings. The van der Waals surface area contributed by atoms with Crippen molar-refractivity contribution in [3.63, 3.8) is 0 Å². The van der Waals surface area contributed by atoms with Crippen LogP contribution in [-0.4, -0.2) is 75.8 Å². The molecule has 3 heterocycles. The van der Waals surface area contributed by atoms with Gasteiger partial charge in [0.1, 0.15) is 5.82 Å². The fourth-order valence-corrected chi connectivity index (χ4v) is 5.31. The fourth-order valence-electron chi connectivity index (χ4n) is 5.31. The van der Waals surface area contributed by atoms with Gasteiger partial charge in [-0.2, -0.15) is 0 Å². The highest BCUT2D eigenvalue weighted by Crippen LogP contribution is 2.20. The quantitative estimate of drug-likeness (QED) is 0.174. The molecule has 222 valence electrons. The Bertz CT molecular complexity index is 1520. The Balaban J connectivity index is 1.14. The van der Waals surface area contributed by atoms with Crippen LogP contribution in [0.3, 0.4) is 0 Å². The Hall–Kier alpha value is -4.27. The van der Waals surface area contributed by atoms with Crippen LogP contribution < -0.4 is 0 Å². The van der Waals surface area contributed by atoms with Crippen LogP contribution in [0, 0.1) is 6.92 Å². The molecule has 5 rings (SSSR count). The highest BCUT2D eigenvalue weighted by Gasteiger charge is 2.21. The molecule has 0 spiro atoms. The molecule has 0 saturated carbocycles. The Labute approximate surface area is 253 Å². The average Bonchev–Trinajstić information content (AvgIpc) is 3.04. The van der Waals surface area contributed by atoms with Crippen LogP contribution in [0.4, 0.5) is 0 Å². The molecule has 0 unspecified atom stereocenters. The average molecular weight is 578 g/mol. The minimum Gasteiger partial charge on any atom is -0.381 e. The number of ketones is 1. The molecule has 1 aliphatic rings. The van der Waals surface area contributed by atoms with Crippen LogP contribution in [0.5, 0.6) is 0 Å². The predicted octanol–water partition coefficient (Wildman–Crippen LogP) is 4.93. The van der Waals surface area contributed by atoms with Crippen molar-refractivity contribution in [2.75, 3.05) is 39.4 Å². The van der Waals surface area contributed by atoms with E-state index in [1.807, 2.05) is 60.4 Å². The molecular formula is C35H39N5O3. The van der Waals surface area contributed by atoms with Gasteiger partial charge in [-0.3, -0.25) is 19.5 Å². The summed E-state index contributed by atoms with van der Waals surface area (Å²) in [5, 5.41) is 0. The first kappa shape index (κ1) is 30.2. The van der Waals surface area contributed by atoms with E-state index < -0.39 is 0 Å². The van der Waals surface area contributed by atoms with E-state index >= 15 is 0 Å². The number of rotatable bonds is 12. The van der Waals surface area contributed by atoms with Gasteiger partial charge in [0.05, 0.1) is 18.7 Å². The third kappa shape index (κ3) is 8.40. The first-order chi connectivity index (χ1) is 21.0. The lowest BCUT2D eigenvalue weighted by atomic mass is 9.97. The Morgan fingerprint density at radius 3 is 2.47 bits per heavy atom. The highest BCUT2D eigenvalue weighted by atomic mass is 16.5. The summed E-state index contributed by atoms with van der Waals surface area (Å²) in [5.74, 6) is 0.994. The van der Waals surface area contributed by atoms with Gasteiger partial charge in [-0.05, 0) is 54.3 Å². The second-order valence-electron chi connectivity index (χ2n) is 10.9. The number of pyridine rings is 1. The second kappa shape index (κ2) is 14.8. The van der Waals surface area contributed by atoms with Crippen molar-refractivity contribution in [2.45, 2.75) is 39.7 Å². The van der Waals surface area contributed by atoms with Crippen LogP contribution in [0.15, 0.2) is 79.3 Å². The molecule has 2 aromatic carbocycles. The van der Waals surface area contributed by atoms with Crippen molar-refractivity contribution in [2.24, 2.45) is 0 Å². The molecule has 0 atom stereocenters. The number of ether oxygens (including phenoxy) is 1. The summed E-state index contributed by atoms with van der Waals surface area (Å²) in [6.07, 6.45) is 6.70. The summed E-state index contributed by atoms with van der Waals surface area (Å²) in [4.78, 5) is 43.2. The van der Waals surface area contributed by atoms with Crippen LogP contribution in [-0.2, 0) is 28.9 Å². The zero-order chi connectivity index (χ0) is 30.0.